The van der Waals surface area contributed by atoms with E-state index >= 15 is 0 Å². The Morgan fingerprint density at radius 1 is 1.46 bits per heavy atom. The third-order valence-corrected chi connectivity index (χ3v) is 4.58. The molecule has 0 unspecified atom stereocenters. The quantitative estimate of drug-likeness (QED) is 0.569. The number of carbonyl (C=O) groups is 1. The second-order valence-corrected chi connectivity index (χ2v) is 7.18. The minimum absolute atomic E-state index is 0.0761. The molecule has 0 saturated carbocycles. The Labute approximate surface area is 137 Å². The molecule has 0 radical (unpaired) electrons. The molecule has 11 heteroatoms. The summed E-state index contributed by atoms with van der Waals surface area (Å²) in [4.78, 5) is 22.1. The van der Waals surface area contributed by atoms with Gasteiger partial charge in [0.1, 0.15) is 28.8 Å². The first-order chi connectivity index (χ1) is 11.2. The van der Waals surface area contributed by atoms with Gasteiger partial charge in [-0.2, -0.15) is 5.10 Å². The van der Waals surface area contributed by atoms with Crippen molar-refractivity contribution in [3.05, 3.63) is 45.7 Å². The van der Waals surface area contributed by atoms with E-state index in [1.807, 2.05) is 0 Å². The van der Waals surface area contributed by atoms with Gasteiger partial charge in [0.25, 0.3) is 0 Å². The van der Waals surface area contributed by atoms with E-state index in [0.29, 0.717) is 5.76 Å². The molecule has 0 bridgehead atoms. The van der Waals surface area contributed by atoms with Crippen molar-refractivity contribution in [2.24, 2.45) is 0 Å². The lowest BCUT2D eigenvalue weighted by Crippen LogP contribution is -2.31. The highest BCUT2D eigenvalue weighted by Crippen LogP contribution is 2.22. The SMILES string of the molecule is Cc1nn(CS(=O)(=O)CC(=O)NCc2ccco2)c(C)c1[N+](=O)[O-]. The number of amides is 1. The molecule has 10 nitrogen and oxygen atoms in total. The lowest BCUT2D eigenvalue weighted by molar-refractivity contribution is -0.386. The van der Waals surface area contributed by atoms with Crippen molar-refractivity contribution in [3.8, 4) is 0 Å². The van der Waals surface area contributed by atoms with Crippen molar-refractivity contribution < 1.29 is 22.6 Å². The van der Waals surface area contributed by atoms with Crippen LogP contribution in [0.2, 0.25) is 0 Å². The standard InChI is InChI=1S/C13H16N4O6S/c1-9-13(17(19)20)10(2)16(15-9)8-24(21,22)7-12(18)14-6-11-4-3-5-23-11/h3-5H,6-8H2,1-2H3,(H,14,18). The predicted octanol–water partition coefficient (Wildman–Crippen LogP) is 0.690. The molecule has 0 aliphatic carbocycles. The lowest BCUT2D eigenvalue weighted by atomic mass is 10.3. The fourth-order valence-corrected chi connectivity index (χ4v) is 3.38. The van der Waals surface area contributed by atoms with Crippen LogP contribution in [0.25, 0.3) is 0 Å². The smallest absolute Gasteiger partial charge is 0.312 e. The molecule has 2 aromatic rings. The third-order valence-electron chi connectivity index (χ3n) is 3.24. The minimum atomic E-state index is -3.84. The average molecular weight is 356 g/mol. The fourth-order valence-electron chi connectivity index (χ4n) is 2.16. The molecule has 24 heavy (non-hydrogen) atoms. The van der Waals surface area contributed by atoms with E-state index in [-0.39, 0.29) is 23.6 Å². The van der Waals surface area contributed by atoms with Crippen LogP contribution in [0, 0.1) is 24.0 Å². The van der Waals surface area contributed by atoms with Crippen molar-refractivity contribution in [1.29, 1.82) is 0 Å². The summed E-state index contributed by atoms with van der Waals surface area (Å²) in [5.74, 6) is -1.56. The summed E-state index contributed by atoms with van der Waals surface area (Å²) in [6, 6.07) is 3.29. The Hall–Kier alpha value is -2.69. The number of aryl methyl sites for hydroxylation is 1. The van der Waals surface area contributed by atoms with Crippen LogP contribution in [0.1, 0.15) is 17.1 Å². The van der Waals surface area contributed by atoms with Gasteiger partial charge < -0.3 is 9.73 Å². The van der Waals surface area contributed by atoms with Gasteiger partial charge in [-0.1, -0.05) is 0 Å². The van der Waals surface area contributed by atoms with E-state index < -0.39 is 32.3 Å². The molecule has 2 aromatic heterocycles. The Kier molecular flexibility index (Phi) is 5.02. The van der Waals surface area contributed by atoms with Gasteiger partial charge in [-0.3, -0.25) is 14.9 Å². The second kappa shape index (κ2) is 6.83. The summed E-state index contributed by atoms with van der Waals surface area (Å²) in [6.45, 7) is 2.90. The van der Waals surface area contributed by atoms with Crippen LogP contribution in [0.4, 0.5) is 5.69 Å². The van der Waals surface area contributed by atoms with E-state index in [0.717, 1.165) is 4.68 Å². The summed E-state index contributed by atoms with van der Waals surface area (Å²) in [5.41, 5.74) is 0.0134. The largest absolute Gasteiger partial charge is 0.467 e. The summed E-state index contributed by atoms with van der Waals surface area (Å²) >= 11 is 0. The molecule has 0 aliphatic heterocycles. The van der Waals surface area contributed by atoms with Gasteiger partial charge in [-0.05, 0) is 26.0 Å². The van der Waals surface area contributed by atoms with Crippen molar-refractivity contribution in [2.45, 2.75) is 26.3 Å². The number of nitro groups is 1. The third kappa shape index (κ3) is 4.19. The zero-order valence-corrected chi connectivity index (χ0v) is 13.9. The molecule has 0 aromatic carbocycles. The highest BCUT2D eigenvalue weighted by molar-refractivity contribution is 7.91. The Bertz CT molecular complexity index is 853. The normalized spacial score (nSPS) is 11.4. The first-order valence-corrected chi connectivity index (χ1v) is 8.69. The van der Waals surface area contributed by atoms with Gasteiger partial charge in [0.15, 0.2) is 9.84 Å². The summed E-state index contributed by atoms with van der Waals surface area (Å²) in [5, 5.41) is 17.2. The maximum absolute atomic E-state index is 12.1. The number of aromatic nitrogens is 2. The second-order valence-electron chi connectivity index (χ2n) is 5.15. The first kappa shape index (κ1) is 17.7. The minimum Gasteiger partial charge on any atom is -0.467 e. The Morgan fingerprint density at radius 2 is 2.17 bits per heavy atom. The van der Waals surface area contributed by atoms with Gasteiger partial charge in [0.2, 0.25) is 5.91 Å². The van der Waals surface area contributed by atoms with Crippen molar-refractivity contribution in [2.75, 3.05) is 5.75 Å². The van der Waals surface area contributed by atoms with Crippen LogP contribution >= 0.6 is 0 Å². The molecule has 130 valence electrons. The van der Waals surface area contributed by atoms with Gasteiger partial charge in [-0.25, -0.2) is 13.1 Å². The number of sulfone groups is 1. The van der Waals surface area contributed by atoms with E-state index in [2.05, 4.69) is 10.4 Å². The van der Waals surface area contributed by atoms with Crippen molar-refractivity contribution >= 4 is 21.4 Å². The maximum Gasteiger partial charge on any atom is 0.312 e. The number of nitrogens with zero attached hydrogens (tertiary/aromatic N) is 3. The van der Waals surface area contributed by atoms with E-state index in [4.69, 9.17) is 4.42 Å². The number of nitrogens with one attached hydrogen (secondary N) is 1. The van der Waals surface area contributed by atoms with E-state index in [1.54, 1.807) is 12.1 Å². The van der Waals surface area contributed by atoms with Crippen LogP contribution in [-0.2, 0) is 27.1 Å². The predicted molar refractivity (Wildman–Crippen MR) is 82.7 cm³/mol. The number of furan rings is 1. The molecular formula is C13H16N4O6S. The number of carbonyl (C=O) groups excluding carboxylic acids is 1. The molecule has 0 saturated heterocycles. The first-order valence-electron chi connectivity index (χ1n) is 6.87. The van der Waals surface area contributed by atoms with Crippen LogP contribution in [-0.4, -0.2) is 34.8 Å². The molecule has 1 amide bonds. The Balaban J connectivity index is 2.02. The number of hydrogen-bond acceptors (Lipinski definition) is 7. The van der Waals surface area contributed by atoms with Gasteiger partial charge in [-0.15, -0.1) is 0 Å². The number of rotatable bonds is 7. The molecule has 0 spiro atoms. The van der Waals surface area contributed by atoms with E-state index in [1.165, 1.54) is 20.1 Å². The van der Waals surface area contributed by atoms with Gasteiger partial charge >= 0.3 is 5.69 Å². The zero-order valence-electron chi connectivity index (χ0n) is 13.1. The summed E-state index contributed by atoms with van der Waals surface area (Å²) in [6.07, 6.45) is 1.44. The van der Waals surface area contributed by atoms with Crippen LogP contribution in [0.15, 0.2) is 22.8 Å². The van der Waals surface area contributed by atoms with Gasteiger partial charge in [0, 0.05) is 0 Å². The molecule has 0 fully saturated rings. The van der Waals surface area contributed by atoms with E-state index in [9.17, 15) is 23.3 Å². The summed E-state index contributed by atoms with van der Waals surface area (Å²) in [7, 11) is -3.84. The van der Waals surface area contributed by atoms with Gasteiger partial charge in [0.05, 0.1) is 17.7 Å². The lowest BCUT2D eigenvalue weighted by Gasteiger charge is -2.06. The molecule has 2 rings (SSSR count). The topological polar surface area (TPSA) is 137 Å². The molecule has 0 aliphatic rings. The molecule has 2 heterocycles. The molecular weight excluding hydrogens is 340 g/mol. The monoisotopic (exact) mass is 356 g/mol. The maximum atomic E-state index is 12.1. The molecule has 0 atom stereocenters. The van der Waals surface area contributed by atoms with Crippen LogP contribution in [0.5, 0.6) is 0 Å². The Morgan fingerprint density at radius 3 is 2.71 bits per heavy atom. The highest BCUT2D eigenvalue weighted by Gasteiger charge is 2.25. The van der Waals surface area contributed by atoms with Crippen molar-refractivity contribution in [1.82, 2.24) is 15.1 Å². The zero-order chi connectivity index (χ0) is 17.9. The van der Waals surface area contributed by atoms with Crippen LogP contribution in [0.3, 0.4) is 0 Å². The van der Waals surface area contributed by atoms with Crippen LogP contribution < -0.4 is 5.32 Å². The fraction of sp³-hybridized carbons (Fsp3) is 0.385. The summed E-state index contributed by atoms with van der Waals surface area (Å²) < 4.78 is 30.2. The number of hydrogen-bond donors (Lipinski definition) is 1. The highest BCUT2D eigenvalue weighted by atomic mass is 32.2. The average Bonchev–Trinajstić information content (AvgIpc) is 3.04. The molecule has 1 N–H and O–H groups in total. The van der Waals surface area contributed by atoms with Crippen molar-refractivity contribution in [3.63, 3.8) is 0 Å².